The lowest BCUT2D eigenvalue weighted by Gasteiger charge is -2.13. The van der Waals surface area contributed by atoms with E-state index in [9.17, 15) is 5.26 Å². The van der Waals surface area contributed by atoms with Crippen LogP contribution in [0.15, 0.2) is 48.5 Å². The van der Waals surface area contributed by atoms with Gasteiger partial charge in [0.25, 0.3) is 0 Å². The lowest BCUT2D eigenvalue weighted by atomic mass is 10.0. The van der Waals surface area contributed by atoms with Crippen molar-refractivity contribution in [2.45, 2.75) is 5.92 Å². The SMILES string of the molecule is N#CC(CNc1ccc(I)cc1Cl)c1ccccc1. The van der Waals surface area contributed by atoms with Crippen molar-refractivity contribution in [2.24, 2.45) is 0 Å². The number of hydrogen-bond donors (Lipinski definition) is 1. The molecule has 1 atom stereocenters. The Balaban J connectivity index is 2.07. The third-order valence-corrected chi connectivity index (χ3v) is 3.77. The smallest absolute Gasteiger partial charge is 0.0885 e. The van der Waals surface area contributed by atoms with Gasteiger partial charge in [0.1, 0.15) is 0 Å². The summed E-state index contributed by atoms with van der Waals surface area (Å²) in [7, 11) is 0. The molecule has 0 radical (unpaired) electrons. The van der Waals surface area contributed by atoms with Crippen LogP contribution in [-0.2, 0) is 0 Å². The molecule has 2 rings (SSSR count). The van der Waals surface area contributed by atoms with E-state index >= 15 is 0 Å². The third-order valence-electron chi connectivity index (χ3n) is 2.79. The maximum Gasteiger partial charge on any atom is 0.0885 e. The first-order valence-corrected chi connectivity index (χ1v) is 7.30. The van der Waals surface area contributed by atoms with Crippen molar-refractivity contribution in [3.8, 4) is 6.07 Å². The zero-order valence-corrected chi connectivity index (χ0v) is 13.0. The van der Waals surface area contributed by atoms with Gasteiger partial charge in [0.15, 0.2) is 0 Å². The van der Waals surface area contributed by atoms with E-state index in [0.29, 0.717) is 11.6 Å². The summed E-state index contributed by atoms with van der Waals surface area (Å²) in [5.41, 5.74) is 1.87. The van der Waals surface area contributed by atoms with Gasteiger partial charge in [-0.3, -0.25) is 0 Å². The van der Waals surface area contributed by atoms with E-state index in [1.165, 1.54) is 0 Å². The van der Waals surface area contributed by atoms with E-state index in [1.807, 2.05) is 48.5 Å². The van der Waals surface area contributed by atoms with E-state index in [4.69, 9.17) is 11.6 Å². The molecule has 0 aliphatic heterocycles. The zero-order valence-electron chi connectivity index (χ0n) is 10.1. The van der Waals surface area contributed by atoms with E-state index in [2.05, 4.69) is 34.0 Å². The molecular formula is C15H12ClIN2. The van der Waals surface area contributed by atoms with Crippen LogP contribution in [0.1, 0.15) is 11.5 Å². The van der Waals surface area contributed by atoms with Crippen LogP contribution in [0.2, 0.25) is 5.02 Å². The Hall–Kier alpha value is -1.25. The maximum absolute atomic E-state index is 9.25. The van der Waals surface area contributed by atoms with Crippen LogP contribution in [0.5, 0.6) is 0 Å². The summed E-state index contributed by atoms with van der Waals surface area (Å²) >= 11 is 8.37. The highest BCUT2D eigenvalue weighted by molar-refractivity contribution is 14.1. The Kier molecular flexibility index (Phi) is 5.06. The molecule has 0 amide bonds. The number of rotatable bonds is 4. The highest BCUT2D eigenvalue weighted by atomic mass is 127. The molecule has 2 aromatic carbocycles. The van der Waals surface area contributed by atoms with Gasteiger partial charge < -0.3 is 5.32 Å². The van der Waals surface area contributed by atoms with Crippen LogP contribution in [-0.4, -0.2) is 6.54 Å². The minimum Gasteiger partial charge on any atom is -0.382 e. The largest absolute Gasteiger partial charge is 0.382 e. The molecule has 96 valence electrons. The van der Waals surface area contributed by atoms with Crippen molar-refractivity contribution in [2.75, 3.05) is 11.9 Å². The Labute approximate surface area is 131 Å². The number of benzene rings is 2. The minimum absolute atomic E-state index is 0.184. The quantitative estimate of drug-likeness (QED) is 0.780. The fourth-order valence-electron chi connectivity index (χ4n) is 1.77. The molecule has 0 saturated carbocycles. The summed E-state index contributed by atoms with van der Waals surface area (Å²) in [6.07, 6.45) is 0. The summed E-state index contributed by atoms with van der Waals surface area (Å²) < 4.78 is 1.09. The fraction of sp³-hybridized carbons (Fsp3) is 0.133. The Morgan fingerprint density at radius 1 is 1.21 bits per heavy atom. The van der Waals surface area contributed by atoms with Gasteiger partial charge in [-0.1, -0.05) is 41.9 Å². The van der Waals surface area contributed by atoms with Gasteiger partial charge in [0, 0.05) is 10.1 Å². The van der Waals surface area contributed by atoms with Crippen LogP contribution in [0.3, 0.4) is 0 Å². The molecule has 0 aromatic heterocycles. The molecular weight excluding hydrogens is 371 g/mol. The lowest BCUT2D eigenvalue weighted by Crippen LogP contribution is -2.11. The molecule has 0 saturated heterocycles. The lowest BCUT2D eigenvalue weighted by molar-refractivity contribution is 0.901. The topological polar surface area (TPSA) is 35.8 Å². The molecule has 0 spiro atoms. The first-order chi connectivity index (χ1) is 9.20. The first kappa shape index (κ1) is 14.2. The molecule has 0 aliphatic carbocycles. The van der Waals surface area contributed by atoms with E-state index in [1.54, 1.807) is 0 Å². The molecule has 4 heteroatoms. The summed E-state index contributed by atoms with van der Waals surface area (Å²) in [6.45, 7) is 0.542. The molecule has 0 heterocycles. The van der Waals surface area contributed by atoms with Crippen molar-refractivity contribution in [1.29, 1.82) is 5.26 Å². The van der Waals surface area contributed by atoms with Gasteiger partial charge in [0.2, 0.25) is 0 Å². The number of hydrogen-bond acceptors (Lipinski definition) is 2. The Morgan fingerprint density at radius 2 is 1.95 bits per heavy atom. The molecule has 19 heavy (non-hydrogen) atoms. The molecule has 2 nitrogen and oxygen atoms in total. The second-order valence-electron chi connectivity index (χ2n) is 4.10. The van der Waals surface area contributed by atoms with Crippen molar-refractivity contribution >= 4 is 39.9 Å². The van der Waals surface area contributed by atoms with E-state index in [0.717, 1.165) is 14.8 Å². The van der Waals surface area contributed by atoms with E-state index in [-0.39, 0.29) is 5.92 Å². The zero-order chi connectivity index (χ0) is 13.7. The van der Waals surface area contributed by atoms with Crippen LogP contribution >= 0.6 is 34.2 Å². The van der Waals surface area contributed by atoms with Crippen LogP contribution < -0.4 is 5.32 Å². The van der Waals surface area contributed by atoms with Crippen molar-refractivity contribution < 1.29 is 0 Å². The number of nitrogens with zero attached hydrogens (tertiary/aromatic N) is 1. The van der Waals surface area contributed by atoms with Crippen LogP contribution in [0, 0.1) is 14.9 Å². The normalized spacial score (nSPS) is 11.6. The fourth-order valence-corrected chi connectivity index (χ4v) is 2.69. The second kappa shape index (κ2) is 6.78. The Bertz CT molecular complexity index is 593. The standard InChI is InChI=1S/C15H12ClIN2/c16-14-8-13(17)6-7-15(14)19-10-12(9-18)11-4-2-1-3-5-11/h1-8,12,19H,10H2. The number of anilines is 1. The monoisotopic (exact) mass is 382 g/mol. The van der Waals surface area contributed by atoms with Gasteiger partial charge in [-0.2, -0.15) is 5.26 Å². The molecule has 1 N–H and O–H groups in total. The van der Waals surface area contributed by atoms with Gasteiger partial charge in [-0.25, -0.2) is 0 Å². The summed E-state index contributed by atoms with van der Waals surface area (Å²) in [6, 6.07) is 17.9. The number of nitriles is 1. The molecule has 1 unspecified atom stereocenters. The van der Waals surface area contributed by atoms with E-state index < -0.39 is 0 Å². The predicted molar refractivity (Wildman–Crippen MR) is 87.5 cm³/mol. The molecule has 0 aliphatic rings. The highest BCUT2D eigenvalue weighted by Crippen LogP contribution is 2.25. The average molecular weight is 383 g/mol. The van der Waals surface area contributed by atoms with Crippen molar-refractivity contribution in [3.05, 3.63) is 62.7 Å². The minimum atomic E-state index is -0.184. The average Bonchev–Trinajstić information content (AvgIpc) is 2.43. The van der Waals surface area contributed by atoms with Crippen molar-refractivity contribution in [3.63, 3.8) is 0 Å². The Morgan fingerprint density at radius 3 is 2.58 bits per heavy atom. The van der Waals surface area contributed by atoms with Gasteiger partial charge in [-0.15, -0.1) is 0 Å². The molecule has 0 fully saturated rings. The van der Waals surface area contributed by atoms with Gasteiger partial charge >= 0.3 is 0 Å². The molecule has 0 bridgehead atoms. The van der Waals surface area contributed by atoms with Crippen LogP contribution in [0.25, 0.3) is 0 Å². The van der Waals surface area contributed by atoms with Gasteiger partial charge in [-0.05, 0) is 46.4 Å². The molecule has 2 aromatic rings. The summed E-state index contributed by atoms with van der Waals surface area (Å²) in [4.78, 5) is 0. The second-order valence-corrected chi connectivity index (χ2v) is 5.75. The summed E-state index contributed by atoms with van der Waals surface area (Å²) in [5, 5.41) is 13.2. The maximum atomic E-state index is 9.25. The third kappa shape index (κ3) is 3.85. The predicted octanol–water partition coefficient (Wildman–Crippen LogP) is 4.66. The number of halogens is 2. The first-order valence-electron chi connectivity index (χ1n) is 5.84. The van der Waals surface area contributed by atoms with Crippen molar-refractivity contribution in [1.82, 2.24) is 0 Å². The number of nitrogens with one attached hydrogen (secondary N) is 1. The van der Waals surface area contributed by atoms with Crippen LogP contribution in [0.4, 0.5) is 5.69 Å². The van der Waals surface area contributed by atoms with Gasteiger partial charge in [0.05, 0.1) is 22.7 Å². The highest BCUT2D eigenvalue weighted by Gasteiger charge is 2.10. The summed E-state index contributed by atoms with van der Waals surface area (Å²) in [5.74, 6) is -0.184.